The molecular formula is C18H24FN3O2. The number of nitrogens with zero attached hydrogens (tertiary/aromatic N) is 2. The molecular weight excluding hydrogens is 309 g/mol. The highest BCUT2D eigenvalue weighted by molar-refractivity contribution is 5.84. The third kappa shape index (κ3) is 3.59. The third-order valence-corrected chi connectivity index (χ3v) is 5.22. The number of halogens is 1. The predicted octanol–water partition coefficient (Wildman–Crippen LogP) is 1.52. The summed E-state index contributed by atoms with van der Waals surface area (Å²) in [5, 5.41) is 0. The lowest BCUT2D eigenvalue weighted by Gasteiger charge is -2.39. The van der Waals surface area contributed by atoms with E-state index < -0.39 is 0 Å². The molecule has 0 aromatic heterocycles. The second-order valence-electron chi connectivity index (χ2n) is 6.98. The lowest BCUT2D eigenvalue weighted by molar-refractivity contribution is -0.146. The van der Waals surface area contributed by atoms with Gasteiger partial charge in [-0.25, -0.2) is 4.39 Å². The van der Waals surface area contributed by atoms with Gasteiger partial charge in [0.2, 0.25) is 11.8 Å². The van der Waals surface area contributed by atoms with Gasteiger partial charge in [0.15, 0.2) is 0 Å². The fourth-order valence-corrected chi connectivity index (χ4v) is 3.91. The Kier molecular flexibility index (Phi) is 4.85. The number of hydrogen-bond acceptors (Lipinski definition) is 3. The van der Waals surface area contributed by atoms with Crippen molar-refractivity contribution < 1.29 is 14.0 Å². The minimum atomic E-state index is -0.323. The Morgan fingerprint density at radius 2 is 1.96 bits per heavy atom. The zero-order valence-electron chi connectivity index (χ0n) is 13.8. The summed E-state index contributed by atoms with van der Waals surface area (Å²) < 4.78 is 13.0. The average Bonchev–Trinajstić information content (AvgIpc) is 2.96. The fraction of sp³-hybridized carbons (Fsp3) is 0.556. The van der Waals surface area contributed by atoms with E-state index in [0.29, 0.717) is 26.1 Å². The number of hydrogen-bond donors (Lipinski definition) is 1. The van der Waals surface area contributed by atoms with E-state index in [0.717, 1.165) is 37.9 Å². The van der Waals surface area contributed by atoms with Gasteiger partial charge in [0.05, 0.1) is 5.41 Å². The van der Waals surface area contributed by atoms with Crippen molar-refractivity contribution in [2.24, 2.45) is 11.1 Å². The van der Waals surface area contributed by atoms with Crippen molar-refractivity contribution in [2.45, 2.75) is 32.2 Å². The normalized spacial score (nSPS) is 24.7. The van der Waals surface area contributed by atoms with Gasteiger partial charge in [-0.15, -0.1) is 0 Å². The zero-order chi connectivity index (χ0) is 17.2. The van der Waals surface area contributed by atoms with Gasteiger partial charge < -0.3 is 15.5 Å². The number of carbonyl (C=O) groups is 2. The molecule has 2 saturated heterocycles. The number of amides is 2. The van der Waals surface area contributed by atoms with Gasteiger partial charge in [0, 0.05) is 32.6 Å². The molecule has 1 spiro atoms. The number of likely N-dealkylation sites (tertiary alicyclic amines) is 2. The standard InChI is InChI=1S/C18H24FN3O2/c19-15-4-2-14(3-5-15)12-22-9-1-7-18(17(22)24)8-11-21(13-18)10-6-16(20)23/h2-5H,1,6-13H2,(H2,20,23)/t18-/m1/s1. The molecule has 6 heteroatoms. The summed E-state index contributed by atoms with van der Waals surface area (Å²) >= 11 is 0. The maximum atomic E-state index is 13.0. The van der Waals surface area contributed by atoms with Gasteiger partial charge >= 0.3 is 0 Å². The number of nitrogens with two attached hydrogens (primary N) is 1. The topological polar surface area (TPSA) is 66.6 Å². The largest absolute Gasteiger partial charge is 0.370 e. The fourth-order valence-electron chi connectivity index (χ4n) is 3.91. The summed E-state index contributed by atoms with van der Waals surface area (Å²) in [5.41, 5.74) is 5.84. The smallest absolute Gasteiger partial charge is 0.230 e. The van der Waals surface area contributed by atoms with E-state index in [2.05, 4.69) is 4.90 Å². The lowest BCUT2D eigenvalue weighted by atomic mass is 9.78. The lowest BCUT2D eigenvalue weighted by Crippen LogP contribution is -2.49. The van der Waals surface area contributed by atoms with Crippen molar-refractivity contribution in [3.8, 4) is 0 Å². The number of benzene rings is 1. The molecule has 2 amide bonds. The van der Waals surface area contributed by atoms with Crippen LogP contribution in [0.4, 0.5) is 4.39 Å². The zero-order valence-corrected chi connectivity index (χ0v) is 13.8. The van der Waals surface area contributed by atoms with E-state index in [1.54, 1.807) is 12.1 Å². The number of carbonyl (C=O) groups excluding carboxylic acids is 2. The van der Waals surface area contributed by atoms with E-state index in [1.807, 2.05) is 4.90 Å². The van der Waals surface area contributed by atoms with Gasteiger partial charge in [0.25, 0.3) is 0 Å². The molecule has 2 heterocycles. The molecule has 1 atom stereocenters. The molecule has 1 aromatic rings. The van der Waals surface area contributed by atoms with Crippen LogP contribution in [-0.2, 0) is 16.1 Å². The van der Waals surface area contributed by atoms with Gasteiger partial charge in [-0.1, -0.05) is 12.1 Å². The summed E-state index contributed by atoms with van der Waals surface area (Å²) in [6.45, 7) is 3.45. The first-order valence-corrected chi connectivity index (χ1v) is 8.53. The maximum Gasteiger partial charge on any atom is 0.230 e. The number of rotatable bonds is 5. The van der Waals surface area contributed by atoms with Crippen LogP contribution in [0.15, 0.2) is 24.3 Å². The first-order chi connectivity index (χ1) is 11.5. The van der Waals surface area contributed by atoms with Crippen LogP contribution in [0.25, 0.3) is 0 Å². The monoisotopic (exact) mass is 333 g/mol. The van der Waals surface area contributed by atoms with Crippen molar-refractivity contribution in [2.75, 3.05) is 26.2 Å². The molecule has 0 saturated carbocycles. The van der Waals surface area contributed by atoms with Gasteiger partial charge in [-0.2, -0.15) is 0 Å². The average molecular weight is 333 g/mol. The summed E-state index contributed by atoms with van der Waals surface area (Å²) in [5.74, 6) is -0.371. The summed E-state index contributed by atoms with van der Waals surface area (Å²) in [7, 11) is 0. The molecule has 24 heavy (non-hydrogen) atoms. The molecule has 0 aliphatic carbocycles. The van der Waals surface area contributed by atoms with Crippen molar-refractivity contribution >= 4 is 11.8 Å². The van der Waals surface area contributed by atoms with Crippen LogP contribution in [0.2, 0.25) is 0 Å². The van der Waals surface area contributed by atoms with Crippen LogP contribution < -0.4 is 5.73 Å². The Hall–Kier alpha value is -1.95. The first kappa shape index (κ1) is 16.9. The third-order valence-electron chi connectivity index (χ3n) is 5.22. The molecule has 2 N–H and O–H groups in total. The maximum absolute atomic E-state index is 13.0. The van der Waals surface area contributed by atoms with Crippen molar-refractivity contribution in [1.82, 2.24) is 9.80 Å². The van der Waals surface area contributed by atoms with E-state index in [1.165, 1.54) is 12.1 Å². The number of primary amides is 1. The Balaban J connectivity index is 1.64. The molecule has 2 fully saturated rings. The van der Waals surface area contributed by atoms with Crippen molar-refractivity contribution in [1.29, 1.82) is 0 Å². The Bertz CT molecular complexity index is 619. The molecule has 0 radical (unpaired) electrons. The minimum absolute atomic E-state index is 0.194. The predicted molar refractivity (Wildman–Crippen MR) is 88.4 cm³/mol. The van der Waals surface area contributed by atoms with E-state index in [4.69, 9.17) is 5.73 Å². The van der Waals surface area contributed by atoms with E-state index in [-0.39, 0.29) is 23.0 Å². The molecule has 2 aliphatic heterocycles. The minimum Gasteiger partial charge on any atom is -0.370 e. The van der Waals surface area contributed by atoms with Crippen molar-refractivity contribution in [3.05, 3.63) is 35.6 Å². The molecule has 5 nitrogen and oxygen atoms in total. The highest BCUT2D eigenvalue weighted by atomic mass is 19.1. The van der Waals surface area contributed by atoms with E-state index in [9.17, 15) is 14.0 Å². The highest BCUT2D eigenvalue weighted by Gasteiger charge is 2.48. The molecule has 130 valence electrons. The molecule has 0 unspecified atom stereocenters. The van der Waals surface area contributed by atoms with Crippen LogP contribution in [0, 0.1) is 11.2 Å². The van der Waals surface area contributed by atoms with Crippen molar-refractivity contribution in [3.63, 3.8) is 0 Å². The summed E-state index contributed by atoms with van der Waals surface area (Å²) in [6, 6.07) is 6.33. The highest BCUT2D eigenvalue weighted by Crippen LogP contribution is 2.40. The Morgan fingerprint density at radius 3 is 2.67 bits per heavy atom. The summed E-state index contributed by atoms with van der Waals surface area (Å²) in [4.78, 5) is 28.1. The number of piperidine rings is 1. The second kappa shape index (κ2) is 6.89. The quantitative estimate of drug-likeness (QED) is 0.888. The van der Waals surface area contributed by atoms with Gasteiger partial charge in [0.1, 0.15) is 5.82 Å². The molecule has 0 bridgehead atoms. The van der Waals surface area contributed by atoms with E-state index >= 15 is 0 Å². The van der Waals surface area contributed by atoms with Crippen LogP contribution >= 0.6 is 0 Å². The van der Waals surface area contributed by atoms with Crippen LogP contribution in [0.1, 0.15) is 31.2 Å². The van der Waals surface area contributed by atoms with Crippen LogP contribution in [-0.4, -0.2) is 47.8 Å². The Morgan fingerprint density at radius 1 is 1.21 bits per heavy atom. The van der Waals surface area contributed by atoms with Gasteiger partial charge in [-0.3, -0.25) is 9.59 Å². The molecule has 1 aromatic carbocycles. The molecule has 2 aliphatic rings. The first-order valence-electron chi connectivity index (χ1n) is 8.53. The summed E-state index contributed by atoms with van der Waals surface area (Å²) in [6.07, 6.45) is 3.06. The van der Waals surface area contributed by atoms with Crippen LogP contribution in [0.3, 0.4) is 0 Å². The second-order valence-corrected chi connectivity index (χ2v) is 6.98. The van der Waals surface area contributed by atoms with Gasteiger partial charge in [-0.05, 0) is 43.5 Å². The van der Waals surface area contributed by atoms with Crippen LogP contribution in [0.5, 0.6) is 0 Å². The SMILES string of the molecule is NC(=O)CCN1CC[C@]2(CCCN(Cc3ccc(F)cc3)C2=O)C1. The Labute approximate surface area is 141 Å². The molecule has 3 rings (SSSR count).